The van der Waals surface area contributed by atoms with Gasteiger partial charge in [0.2, 0.25) is 0 Å². The molecule has 0 saturated heterocycles. The minimum absolute atomic E-state index is 0.110. The molecule has 152 valence electrons. The first kappa shape index (κ1) is 20.8. The Morgan fingerprint density at radius 2 is 1.93 bits per heavy atom. The van der Waals surface area contributed by atoms with E-state index in [1.54, 1.807) is 48.9 Å². The number of para-hydroxylation sites is 1. The highest BCUT2D eigenvalue weighted by atomic mass is 19.1. The lowest BCUT2D eigenvalue weighted by Gasteiger charge is -2.16. The number of benzene rings is 2. The Kier molecular flexibility index (Phi) is 6.28. The van der Waals surface area contributed by atoms with Crippen molar-refractivity contribution in [3.8, 4) is 6.07 Å². The standard InChI is InChI=1S/C23H20FN3O3/c1-3-30-21(28)15-27-14-17(22-19(24)10-7-11-20(22)27)12-16(13-25)23(29)26(2)18-8-5-4-6-9-18/h4-12,14H,3,15H2,1-2H3/b16-12+. The number of rotatable bonds is 6. The Bertz CT molecular complexity index is 1160. The molecular weight excluding hydrogens is 385 g/mol. The summed E-state index contributed by atoms with van der Waals surface area (Å²) in [5, 5.41) is 9.80. The van der Waals surface area contributed by atoms with Gasteiger partial charge in [-0.05, 0) is 37.3 Å². The van der Waals surface area contributed by atoms with Crippen LogP contribution in [0.2, 0.25) is 0 Å². The van der Waals surface area contributed by atoms with Crippen molar-refractivity contribution in [1.82, 2.24) is 4.57 Å². The van der Waals surface area contributed by atoms with Crippen molar-refractivity contribution in [3.05, 3.63) is 71.7 Å². The van der Waals surface area contributed by atoms with E-state index >= 15 is 0 Å². The molecule has 1 aromatic heterocycles. The molecule has 0 N–H and O–H groups in total. The second kappa shape index (κ2) is 9.05. The van der Waals surface area contributed by atoms with E-state index in [0.717, 1.165) is 0 Å². The van der Waals surface area contributed by atoms with Crippen molar-refractivity contribution in [2.24, 2.45) is 0 Å². The Hall–Kier alpha value is -3.92. The van der Waals surface area contributed by atoms with Gasteiger partial charge in [0, 0.05) is 29.9 Å². The zero-order valence-corrected chi connectivity index (χ0v) is 16.6. The molecule has 3 aromatic rings. The summed E-state index contributed by atoms with van der Waals surface area (Å²) in [5.41, 5.74) is 1.27. The van der Waals surface area contributed by atoms with Crippen LogP contribution < -0.4 is 4.90 Å². The van der Waals surface area contributed by atoms with Crippen LogP contribution in [0.1, 0.15) is 12.5 Å². The molecule has 0 fully saturated rings. The first-order chi connectivity index (χ1) is 14.5. The second-order valence-corrected chi connectivity index (χ2v) is 6.52. The number of hydrogen-bond acceptors (Lipinski definition) is 4. The number of amides is 1. The minimum atomic E-state index is -0.522. The Morgan fingerprint density at radius 3 is 2.60 bits per heavy atom. The Morgan fingerprint density at radius 1 is 1.20 bits per heavy atom. The molecule has 0 spiro atoms. The average Bonchev–Trinajstić information content (AvgIpc) is 3.10. The van der Waals surface area contributed by atoms with E-state index in [1.165, 1.54) is 29.3 Å². The van der Waals surface area contributed by atoms with Crippen molar-refractivity contribution in [3.63, 3.8) is 0 Å². The van der Waals surface area contributed by atoms with Gasteiger partial charge >= 0.3 is 5.97 Å². The molecule has 0 aliphatic carbocycles. The third-order valence-electron chi connectivity index (χ3n) is 4.59. The van der Waals surface area contributed by atoms with E-state index in [1.807, 2.05) is 12.1 Å². The summed E-state index contributed by atoms with van der Waals surface area (Å²) in [6.45, 7) is 1.83. The lowest BCUT2D eigenvalue weighted by molar-refractivity contribution is -0.143. The molecule has 0 saturated carbocycles. The fourth-order valence-corrected chi connectivity index (χ4v) is 3.17. The quantitative estimate of drug-likeness (QED) is 0.354. The number of ether oxygens (including phenoxy) is 1. The smallest absolute Gasteiger partial charge is 0.325 e. The number of carbonyl (C=O) groups is 2. The van der Waals surface area contributed by atoms with Crippen molar-refractivity contribution in [2.75, 3.05) is 18.6 Å². The minimum Gasteiger partial charge on any atom is -0.465 e. The number of likely N-dealkylation sites (N-methyl/N-ethyl adjacent to an activating group) is 1. The summed E-state index contributed by atoms with van der Waals surface area (Å²) >= 11 is 0. The molecule has 0 bridgehead atoms. The zero-order valence-electron chi connectivity index (χ0n) is 16.6. The van der Waals surface area contributed by atoms with Crippen LogP contribution in [0.5, 0.6) is 0 Å². The number of fused-ring (bicyclic) bond motifs is 1. The molecule has 6 nitrogen and oxygen atoms in total. The number of aromatic nitrogens is 1. The van der Waals surface area contributed by atoms with Crippen LogP contribution in [0.15, 0.2) is 60.3 Å². The van der Waals surface area contributed by atoms with E-state index in [0.29, 0.717) is 16.8 Å². The van der Waals surface area contributed by atoms with E-state index in [9.17, 15) is 19.2 Å². The topological polar surface area (TPSA) is 75.3 Å². The molecule has 1 amide bonds. The number of nitrogens with zero attached hydrogens (tertiary/aromatic N) is 3. The number of hydrogen-bond donors (Lipinski definition) is 0. The van der Waals surface area contributed by atoms with E-state index in [2.05, 4.69) is 0 Å². The fourth-order valence-electron chi connectivity index (χ4n) is 3.17. The summed E-state index contributed by atoms with van der Waals surface area (Å²) in [7, 11) is 1.56. The summed E-state index contributed by atoms with van der Waals surface area (Å²) in [5.74, 6) is -1.50. The second-order valence-electron chi connectivity index (χ2n) is 6.52. The lowest BCUT2D eigenvalue weighted by atomic mass is 10.1. The average molecular weight is 405 g/mol. The van der Waals surface area contributed by atoms with Crippen LogP contribution in [-0.2, 0) is 20.9 Å². The number of halogens is 1. The van der Waals surface area contributed by atoms with Crippen molar-refractivity contribution < 1.29 is 18.7 Å². The third-order valence-corrected chi connectivity index (χ3v) is 4.59. The molecule has 0 radical (unpaired) electrons. The van der Waals surface area contributed by atoms with Gasteiger partial charge in [-0.1, -0.05) is 24.3 Å². The highest BCUT2D eigenvalue weighted by Gasteiger charge is 2.19. The van der Waals surface area contributed by atoms with Crippen LogP contribution >= 0.6 is 0 Å². The van der Waals surface area contributed by atoms with E-state index in [4.69, 9.17) is 4.74 Å². The zero-order chi connectivity index (χ0) is 21.7. The van der Waals surface area contributed by atoms with Crippen LogP contribution in [0.3, 0.4) is 0 Å². The van der Waals surface area contributed by atoms with E-state index in [-0.39, 0.29) is 24.1 Å². The van der Waals surface area contributed by atoms with Crippen molar-refractivity contribution in [2.45, 2.75) is 13.5 Å². The highest BCUT2D eigenvalue weighted by Crippen LogP contribution is 2.27. The molecule has 0 atom stereocenters. The van der Waals surface area contributed by atoms with E-state index < -0.39 is 17.7 Å². The first-order valence-corrected chi connectivity index (χ1v) is 9.34. The molecule has 30 heavy (non-hydrogen) atoms. The molecule has 2 aromatic carbocycles. The summed E-state index contributed by atoms with van der Waals surface area (Å²) in [6.07, 6.45) is 2.88. The third kappa shape index (κ3) is 4.23. The molecule has 1 heterocycles. The largest absolute Gasteiger partial charge is 0.465 e. The van der Waals surface area contributed by atoms with Crippen LogP contribution in [-0.4, -0.2) is 30.1 Å². The Balaban J connectivity index is 2.04. The number of carbonyl (C=O) groups excluding carboxylic acids is 2. The van der Waals surface area contributed by atoms with Gasteiger partial charge in [-0.3, -0.25) is 9.59 Å². The van der Waals surface area contributed by atoms with Crippen LogP contribution in [0.4, 0.5) is 10.1 Å². The maximum Gasteiger partial charge on any atom is 0.325 e. The first-order valence-electron chi connectivity index (χ1n) is 9.34. The summed E-state index contributed by atoms with van der Waals surface area (Å²) in [4.78, 5) is 26.1. The molecular formula is C23H20FN3O3. The van der Waals surface area contributed by atoms with Gasteiger partial charge < -0.3 is 14.2 Å². The fraction of sp³-hybridized carbons (Fsp3) is 0.174. The molecule has 7 heteroatoms. The van der Waals surface area contributed by atoms with Gasteiger partial charge in [0.15, 0.2) is 0 Å². The van der Waals surface area contributed by atoms with Crippen molar-refractivity contribution >= 4 is 34.5 Å². The molecule has 3 rings (SSSR count). The Labute approximate surface area is 173 Å². The summed E-state index contributed by atoms with van der Waals surface area (Å²) < 4.78 is 21.1. The predicted molar refractivity (Wildman–Crippen MR) is 112 cm³/mol. The number of anilines is 1. The summed E-state index contributed by atoms with van der Waals surface area (Å²) in [6, 6.07) is 15.3. The van der Waals surface area contributed by atoms with Gasteiger partial charge in [0.1, 0.15) is 24.0 Å². The number of nitriles is 1. The van der Waals surface area contributed by atoms with Gasteiger partial charge in [-0.2, -0.15) is 5.26 Å². The maximum absolute atomic E-state index is 14.6. The van der Waals surface area contributed by atoms with Gasteiger partial charge in [-0.15, -0.1) is 0 Å². The highest BCUT2D eigenvalue weighted by molar-refractivity contribution is 6.11. The molecule has 0 unspecified atom stereocenters. The lowest BCUT2D eigenvalue weighted by Crippen LogP contribution is -2.27. The predicted octanol–water partition coefficient (Wildman–Crippen LogP) is 3.91. The van der Waals surface area contributed by atoms with Gasteiger partial charge in [0.05, 0.1) is 12.1 Å². The van der Waals surface area contributed by atoms with Crippen molar-refractivity contribution in [1.29, 1.82) is 5.26 Å². The number of esters is 1. The van der Waals surface area contributed by atoms with Gasteiger partial charge in [-0.25, -0.2) is 4.39 Å². The SMILES string of the molecule is CCOC(=O)Cn1cc(/C=C(\C#N)C(=O)N(C)c2ccccc2)c2c(F)cccc21. The maximum atomic E-state index is 14.6. The molecule has 0 aliphatic heterocycles. The van der Waals surface area contributed by atoms with Gasteiger partial charge in [0.25, 0.3) is 5.91 Å². The van der Waals surface area contributed by atoms with Crippen LogP contribution in [0.25, 0.3) is 17.0 Å². The monoisotopic (exact) mass is 405 g/mol. The molecule has 0 aliphatic rings. The normalized spacial score (nSPS) is 11.2. The van der Waals surface area contributed by atoms with Crippen LogP contribution in [0, 0.1) is 17.1 Å².